The fraction of sp³-hybridized carbons (Fsp3) is 0.500. The molecule has 0 spiro atoms. The third-order valence-electron chi connectivity index (χ3n) is 4.08. The molecule has 0 N–H and O–H groups in total. The van der Waals surface area contributed by atoms with Gasteiger partial charge in [0.1, 0.15) is 5.82 Å². The highest BCUT2D eigenvalue weighted by molar-refractivity contribution is 5.79. The molecule has 0 radical (unpaired) electrons. The predicted octanol–water partition coefficient (Wildman–Crippen LogP) is 1.20. The summed E-state index contributed by atoms with van der Waals surface area (Å²) in [6, 6.07) is 0.0127. The maximum atomic E-state index is 12.4. The van der Waals surface area contributed by atoms with Gasteiger partial charge in [0.2, 0.25) is 5.91 Å². The molecule has 0 unspecified atom stereocenters. The number of aryl methyl sites for hydroxylation is 1. The SMILES string of the molecule is Cc1nccn1-c1cncc([C@@H]2CCCN2C(=O)CN(C)C)n1. The third kappa shape index (κ3) is 3.24. The van der Waals surface area contributed by atoms with Crippen LogP contribution in [0, 0.1) is 6.92 Å². The average Bonchev–Trinajstić information content (AvgIpc) is 3.15. The Morgan fingerprint density at radius 1 is 1.39 bits per heavy atom. The summed E-state index contributed by atoms with van der Waals surface area (Å²) in [6.45, 7) is 3.13. The van der Waals surface area contributed by atoms with Crippen molar-refractivity contribution in [2.24, 2.45) is 0 Å². The molecule has 122 valence electrons. The van der Waals surface area contributed by atoms with E-state index in [0.717, 1.165) is 36.7 Å². The van der Waals surface area contributed by atoms with E-state index in [-0.39, 0.29) is 11.9 Å². The van der Waals surface area contributed by atoms with Gasteiger partial charge in [-0.1, -0.05) is 0 Å². The van der Waals surface area contributed by atoms with Crippen molar-refractivity contribution in [1.82, 2.24) is 29.3 Å². The van der Waals surface area contributed by atoms with E-state index in [1.807, 2.05) is 41.6 Å². The van der Waals surface area contributed by atoms with Gasteiger partial charge in [0.15, 0.2) is 5.82 Å². The minimum Gasteiger partial charge on any atom is -0.333 e. The highest BCUT2D eigenvalue weighted by atomic mass is 16.2. The molecule has 3 rings (SSSR count). The summed E-state index contributed by atoms with van der Waals surface area (Å²) in [4.78, 5) is 29.5. The smallest absolute Gasteiger partial charge is 0.237 e. The van der Waals surface area contributed by atoms with Crippen LogP contribution < -0.4 is 0 Å². The van der Waals surface area contributed by atoms with Gasteiger partial charge >= 0.3 is 0 Å². The Kier molecular flexibility index (Phi) is 4.38. The topological polar surface area (TPSA) is 67.2 Å². The van der Waals surface area contributed by atoms with Gasteiger partial charge in [-0.15, -0.1) is 0 Å². The Balaban J connectivity index is 1.86. The van der Waals surface area contributed by atoms with Crippen molar-refractivity contribution in [3.63, 3.8) is 0 Å². The average molecular weight is 314 g/mol. The molecule has 2 aromatic heterocycles. The molecule has 1 atom stereocenters. The summed E-state index contributed by atoms with van der Waals surface area (Å²) in [5, 5.41) is 0. The number of nitrogens with zero attached hydrogens (tertiary/aromatic N) is 6. The first-order chi connectivity index (χ1) is 11.1. The highest BCUT2D eigenvalue weighted by Gasteiger charge is 2.31. The van der Waals surface area contributed by atoms with Crippen molar-refractivity contribution in [1.29, 1.82) is 0 Å². The van der Waals surface area contributed by atoms with E-state index in [4.69, 9.17) is 4.98 Å². The molecule has 1 amide bonds. The quantitative estimate of drug-likeness (QED) is 0.848. The minimum absolute atomic E-state index is 0.0127. The molecule has 1 aliphatic rings. The van der Waals surface area contributed by atoms with Crippen molar-refractivity contribution >= 4 is 5.91 Å². The second kappa shape index (κ2) is 6.45. The van der Waals surface area contributed by atoms with E-state index in [1.165, 1.54) is 0 Å². The first-order valence-corrected chi connectivity index (χ1v) is 7.82. The van der Waals surface area contributed by atoms with Gasteiger partial charge in [-0.2, -0.15) is 0 Å². The van der Waals surface area contributed by atoms with E-state index in [9.17, 15) is 4.79 Å². The molecule has 0 saturated carbocycles. The van der Waals surface area contributed by atoms with Crippen molar-refractivity contribution in [3.05, 3.63) is 36.3 Å². The molecule has 1 aliphatic heterocycles. The van der Waals surface area contributed by atoms with Gasteiger partial charge in [-0.05, 0) is 33.9 Å². The second-order valence-electron chi connectivity index (χ2n) is 6.13. The van der Waals surface area contributed by atoms with Gasteiger partial charge in [0.05, 0.1) is 30.7 Å². The Labute approximate surface area is 136 Å². The number of hydrogen-bond acceptors (Lipinski definition) is 5. The molecule has 7 heteroatoms. The maximum Gasteiger partial charge on any atom is 0.237 e. The zero-order valence-electron chi connectivity index (χ0n) is 13.8. The lowest BCUT2D eigenvalue weighted by molar-refractivity contribution is -0.132. The highest BCUT2D eigenvalue weighted by Crippen LogP contribution is 2.30. The van der Waals surface area contributed by atoms with Gasteiger partial charge in [0.25, 0.3) is 0 Å². The second-order valence-corrected chi connectivity index (χ2v) is 6.13. The van der Waals surface area contributed by atoms with Gasteiger partial charge in [-0.25, -0.2) is 9.97 Å². The molecule has 1 saturated heterocycles. The molecule has 0 aromatic carbocycles. The van der Waals surface area contributed by atoms with E-state index in [2.05, 4.69) is 9.97 Å². The number of likely N-dealkylation sites (tertiary alicyclic amines) is 1. The van der Waals surface area contributed by atoms with Crippen molar-refractivity contribution in [3.8, 4) is 5.82 Å². The van der Waals surface area contributed by atoms with Gasteiger partial charge in [-0.3, -0.25) is 14.3 Å². The Morgan fingerprint density at radius 3 is 2.91 bits per heavy atom. The number of likely N-dealkylation sites (N-methyl/N-ethyl adjacent to an activating group) is 1. The summed E-state index contributed by atoms with van der Waals surface area (Å²) < 4.78 is 1.90. The van der Waals surface area contributed by atoms with Crippen LogP contribution in [0.2, 0.25) is 0 Å². The van der Waals surface area contributed by atoms with Crippen molar-refractivity contribution in [2.45, 2.75) is 25.8 Å². The van der Waals surface area contributed by atoms with E-state index in [0.29, 0.717) is 6.54 Å². The first kappa shape index (κ1) is 15.6. The fourth-order valence-electron chi connectivity index (χ4n) is 3.00. The molecule has 2 aromatic rings. The third-order valence-corrected chi connectivity index (χ3v) is 4.08. The van der Waals surface area contributed by atoms with E-state index < -0.39 is 0 Å². The molecule has 3 heterocycles. The lowest BCUT2D eigenvalue weighted by Gasteiger charge is -2.25. The monoisotopic (exact) mass is 314 g/mol. The zero-order valence-corrected chi connectivity index (χ0v) is 13.8. The van der Waals surface area contributed by atoms with Crippen LogP contribution in [0.5, 0.6) is 0 Å². The Morgan fingerprint density at radius 2 is 2.22 bits per heavy atom. The number of rotatable bonds is 4. The summed E-state index contributed by atoms with van der Waals surface area (Å²) in [6.07, 6.45) is 9.03. The lowest BCUT2D eigenvalue weighted by atomic mass is 10.1. The minimum atomic E-state index is 0.0127. The number of aromatic nitrogens is 4. The van der Waals surface area contributed by atoms with Crippen LogP contribution in [-0.2, 0) is 4.79 Å². The molecule has 7 nitrogen and oxygen atoms in total. The maximum absolute atomic E-state index is 12.4. The van der Waals surface area contributed by atoms with Crippen LogP contribution in [-0.4, -0.2) is 62.4 Å². The predicted molar refractivity (Wildman–Crippen MR) is 86.1 cm³/mol. The van der Waals surface area contributed by atoms with Gasteiger partial charge < -0.3 is 9.80 Å². The molecular weight excluding hydrogens is 292 g/mol. The zero-order chi connectivity index (χ0) is 16.4. The molecule has 1 fully saturated rings. The summed E-state index contributed by atoms with van der Waals surface area (Å²) in [5.74, 6) is 1.75. The normalized spacial score (nSPS) is 17.9. The first-order valence-electron chi connectivity index (χ1n) is 7.82. The number of carbonyl (C=O) groups is 1. The molecule has 23 heavy (non-hydrogen) atoms. The fourth-order valence-corrected chi connectivity index (χ4v) is 3.00. The summed E-state index contributed by atoms with van der Waals surface area (Å²) in [5.41, 5.74) is 0.847. The van der Waals surface area contributed by atoms with Crippen LogP contribution in [0.4, 0.5) is 0 Å². The van der Waals surface area contributed by atoms with Crippen molar-refractivity contribution in [2.75, 3.05) is 27.2 Å². The molecule has 0 aliphatic carbocycles. The summed E-state index contributed by atoms with van der Waals surface area (Å²) in [7, 11) is 3.82. The van der Waals surface area contributed by atoms with Crippen LogP contribution in [0.3, 0.4) is 0 Å². The number of hydrogen-bond donors (Lipinski definition) is 0. The van der Waals surface area contributed by atoms with Crippen LogP contribution in [0.15, 0.2) is 24.8 Å². The molecular formula is C16H22N6O. The number of amides is 1. The van der Waals surface area contributed by atoms with E-state index >= 15 is 0 Å². The largest absolute Gasteiger partial charge is 0.333 e. The lowest BCUT2D eigenvalue weighted by Crippen LogP contribution is -2.37. The number of imidazole rings is 1. The van der Waals surface area contributed by atoms with Crippen LogP contribution in [0.1, 0.15) is 30.4 Å². The number of carbonyl (C=O) groups excluding carboxylic acids is 1. The van der Waals surface area contributed by atoms with Gasteiger partial charge in [0, 0.05) is 18.9 Å². The van der Waals surface area contributed by atoms with Crippen LogP contribution >= 0.6 is 0 Å². The van der Waals surface area contributed by atoms with Crippen LogP contribution in [0.25, 0.3) is 5.82 Å². The molecule has 0 bridgehead atoms. The summed E-state index contributed by atoms with van der Waals surface area (Å²) >= 11 is 0. The Bertz CT molecular complexity index is 695. The van der Waals surface area contributed by atoms with E-state index in [1.54, 1.807) is 18.6 Å². The Hall–Kier alpha value is -2.28. The standard InChI is InChI=1S/C16H22N6O/c1-12-18-6-8-21(12)15-10-17-9-13(19-15)14-5-4-7-22(14)16(23)11-20(2)3/h6,8-10,14H,4-5,7,11H2,1-3H3/t14-/m0/s1. The van der Waals surface area contributed by atoms with Crippen molar-refractivity contribution < 1.29 is 4.79 Å².